The van der Waals surface area contributed by atoms with Gasteiger partial charge < -0.3 is 10.2 Å². The molecule has 224 valence electrons. The lowest BCUT2D eigenvalue weighted by Gasteiger charge is -2.34. The molecule has 2 amide bonds. The van der Waals surface area contributed by atoms with Gasteiger partial charge in [0.2, 0.25) is 11.8 Å². The molecular formula is C33H33ClFN3O4S. The first-order valence-electron chi connectivity index (χ1n) is 13.9. The lowest BCUT2D eigenvalue weighted by Crippen LogP contribution is -2.53. The molecule has 4 aromatic carbocycles. The normalized spacial score (nSPS) is 11.9. The Kier molecular flexibility index (Phi) is 10.9. The second kappa shape index (κ2) is 14.8. The monoisotopic (exact) mass is 621 g/mol. The Morgan fingerprint density at radius 2 is 1.49 bits per heavy atom. The lowest BCUT2D eigenvalue weighted by atomic mass is 10.0. The van der Waals surface area contributed by atoms with Gasteiger partial charge in [0, 0.05) is 24.5 Å². The zero-order valence-corrected chi connectivity index (χ0v) is 25.3. The van der Waals surface area contributed by atoms with Gasteiger partial charge in [-0.15, -0.1) is 0 Å². The Labute approximate surface area is 257 Å². The van der Waals surface area contributed by atoms with Gasteiger partial charge in [-0.1, -0.05) is 91.3 Å². The number of amides is 2. The Morgan fingerprint density at radius 1 is 0.860 bits per heavy atom. The molecule has 4 aromatic rings. The summed E-state index contributed by atoms with van der Waals surface area (Å²) in [6, 6.07) is 28.0. The fourth-order valence-electron chi connectivity index (χ4n) is 4.64. The second-order valence-electron chi connectivity index (χ2n) is 9.92. The molecule has 1 N–H and O–H groups in total. The summed E-state index contributed by atoms with van der Waals surface area (Å²) in [6.45, 7) is 1.53. The number of halogens is 2. The summed E-state index contributed by atoms with van der Waals surface area (Å²) in [5.74, 6) is -1.88. The van der Waals surface area contributed by atoms with E-state index in [1.54, 1.807) is 42.5 Å². The van der Waals surface area contributed by atoms with Crippen molar-refractivity contribution in [2.24, 2.45) is 0 Å². The number of hydrogen-bond acceptors (Lipinski definition) is 4. The van der Waals surface area contributed by atoms with Crippen LogP contribution in [0.25, 0.3) is 0 Å². The highest BCUT2D eigenvalue weighted by Gasteiger charge is 2.35. The molecule has 0 saturated carbocycles. The molecule has 1 atom stereocenters. The number of rotatable bonds is 13. The van der Waals surface area contributed by atoms with Crippen LogP contribution in [0.3, 0.4) is 0 Å². The Balaban J connectivity index is 1.80. The molecule has 0 aliphatic heterocycles. The van der Waals surface area contributed by atoms with Crippen molar-refractivity contribution in [3.63, 3.8) is 0 Å². The number of nitrogens with zero attached hydrogens (tertiary/aromatic N) is 2. The van der Waals surface area contributed by atoms with Gasteiger partial charge in [-0.05, 0) is 53.9 Å². The van der Waals surface area contributed by atoms with E-state index < -0.39 is 34.3 Å². The number of carbonyl (C=O) groups is 2. The van der Waals surface area contributed by atoms with E-state index >= 15 is 4.39 Å². The summed E-state index contributed by atoms with van der Waals surface area (Å²) in [5, 5.41) is 3.33. The van der Waals surface area contributed by atoms with Crippen molar-refractivity contribution in [1.29, 1.82) is 0 Å². The van der Waals surface area contributed by atoms with E-state index in [0.717, 1.165) is 15.9 Å². The summed E-state index contributed by atoms with van der Waals surface area (Å²) in [5.41, 5.74) is 1.17. The van der Waals surface area contributed by atoms with Crippen molar-refractivity contribution in [2.45, 2.75) is 37.2 Å². The van der Waals surface area contributed by atoms with Crippen LogP contribution >= 0.6 is 11.6 Å². The molecule has 0 aromatic heterocycles. The first-order valence-corrected chi connectivity index (χ1v) is 15.7. The molecule has 0 bridgehead atoms. The van der Waals surface area contributed by atoms with E-state index in [9.17, 15) is 18.0 Å². The third-order valence-corrected chi connectivity index (χ3v) is 8.80. The average Bonchev–Trinajstić information content (AvgIpc) is 3.01. The van der Waals surface area contributed by atoms with E-state index in [2.05, 4.69) is 5.32 Å². The zero-order chi connectivity index (χ0) is 30.8. The predicted molar refractivity (Wildman–Crippen MR) is 167 cm³/mol. The minimum absolute atomic E-state index is 0.0348. The molecule has 0 unspecified atom stereocenters. The molecule has 4 rings (SSSR count). The first kappa shape index (κ1) is 31.7. The molecule has 0 saturated heterocycles. The molecule has 0 fully saturated rings. The Morgan fingerprint density at radius 3 is 2.14 bits per heavy atom. The van der Waals surface area contributed by atoms with Crippen LogP contribution in [0.15, 0.2) is 114 Å². The average molecular weight is 622 g/mol. The molecule has 43 heavy (non-hydrogen) atoms. The second-order valence-corrected chi connectivity index (χ2v) is 12.2. The molecule has 0 aliphatic carbocycles. The summed E-state index contributed by atoms with van der Waals surface area (Å²) in [4.78, 5) is 29.2. The van der Waals surface area contributed by atoms with E-state index in [4.69, 9.17) is 11.6 Å². The Bertz CT molecular complexity index is 1640. The number of carbonyl (C=O) groups excluding carboxylic acids is 2. The minimum Gasteiger partial charge on any atom is -0.354 e. The van der Waals surface area contributed by atoms with Gasteiger partial charge in [0.15, 0.2) is 0 Å². The number of benzene rings is 4. The standard InChI is InChI=1S/C33H33ClFN3O4S/c1-2-20-36-33(40)31(22-25-12-5-3-6-13-25)37(23-26-14-11-15-27(34)21-26)32(39)24-38(30-19-10-9-18-29(30)35)43(41,42)28-16-7-4-8-17-28/h3-19,21,31H,2,20,22-24H2,1H3,(H,36,40)/t31-/m1/s1. The van der Waals surface area contributed by atoms with Crippen LogP contribution in [-0.4, -0.2) is 44.3 Å². The predicted octanol–water partition coefficient (Wildman–Crippen LogP) is 5.84. The van der Waals surface area contributed by atoms with Crippen molar-refractivity contribution < 1.29 is 22.4 Å². The SMILES string of the molecule is CCCNC(=O)[C@@H](Cc1ccccc1)N(Cc1cccc(Cl)c1)C(=O)CN(c1ccccc1F)S(=O)(=O)c1ccccc1. The highest BCUT2D eigenvalue weighted by atomic mass is 35.5. The maximum Gasteiger partial charge on any atom is 0.264 e. The molecular weight excluding hydrogens is 589 g/mol. The number of hydrogen-bond donors (Lipinski definition) is 1. The van der Waals surface area contributed by atoms with Crippen molar-refractivity contribution >= 4 is 39.1 Å². The van der Waals surface area contributed by atoms with Gasteiger partial charge in [-0.25, -0.2) is 12.8 Å². The van der Waals surface area contributed by atoms with Crippen LogP contribution < -0.4 is 9.62 Å². The van der Waals surface area contributed by atoms with Gasteiger partial charge in [-0.2, -0.15) is 0 Å². The van der Waals surface area contributed by atoms with E-state index in [1.165, 1.54) is 35.2 Å². The van der Waals surface area contributed by atoms with Crippen molar-refractivity contribution in [2.75, 3.05) is 17.4 Å². The highest BCUT2D eigenvalue weighted by Crippen LogP contribution is 2.27. The van der Waals surface area contributed by atoms with Gasteiger partial charge in [-0.3, -0.25) is 13.9 Å². The van der Waals surface area contributed by atoms with Gasteiger partial charge in [0.05, 0.1) is 10.6 Å². The summed E-state index contributed by atoms with van der Waals surface area (Å²) >= 11 is 6.25. The van der Waals surface area contributed by atoms with Crippen molar-refractivity contribution in [3.8, 4) is 0 Å². The van der Waals surface area contributed by atoms with Gasteiger partial charge >= 0.3 is 0 Å². The first-order chi connectivity index (χ1) is 20.7. The van der Waals surface area contributed by atoms with E-state index in [-0.39, 0.29) is 29.5 Å². The topological polar surface area (TPSA) is 86.8 Å². The van der Waals surface area contributed by atoms with E-state index in [1.807, 2.05) is 37.3 Å². The molecule has 0 radical (unpaired) electrons. The zero-order valence-electron chi connectivity index (χ0n) is 23.7. The van der Waals surface area contributed by atoms with Crippen LogP contribution in [0, 0.1) is 5.82 Å². The minimum atomic E-state index is -4.38. The molecule has 0 aliphatic rings. The van der Waals surface area contributed by atoms with Gasteiger partial charge in [0.1, 0.15) is 18.4 Å². The number of para-hydroxylation sites is 1. The van der Waals surface area contributed by atoms with Crippen LogP contribution in [0.2, 0.25) is 5.02 Å². The van der Waals surface area contributed by atoms with Crippen molar-refractivity contribution in [3.05, 3.63) is 131 Å². The largest absolute Gasteiger partial charge is 0.354 e. The van der Waals surface area contributed by atoms with Crippen LogP contribution in [0.4, 0.5) is 10.1 Å². The molecule has 10 heteroatoms. The van der Waals surface area contributed by atoms with Gasteiger partial charge in [0.25, 0.3) is 10.0 Å². The number of anilines is 1. The summed E-state index contributed by atoms with van der Waals surface area (Å²) in [6.07, 6.45) is 0.857. The smallest absolute Gasteiger partial charge is 0.264 e. The van der Waals surface area contributed by atoms with Crippen LogP contribution in [0.1, 0.15) is 24.5 Å². The highest BCUT2D eigenvalue weighted by molar-refractivity contribution is 7.92. The van der Waals surface area contributed by atoms with Crippen molar-refractivity contribution in [1.82, 2.24) is 10.2 Å². The van der Waals surface area contributed by atoms with Crippen LogP contribution in [-0.2, 0) is 32.6 Å². The summed E-state index contributed by atoms with van der Waals surface area (Å²) in [7, 11) is -4.38. The maximum absolute atomic E-state index is 15.1. The van der Waals surface area contributed by atoms with E-state index in [0.29, 0.717) is 23.6 Å². The number of nitrogens with one attached hydrogen (secondary N) is 1. The lowest BCUT2D eigenvalue weighted by molar-refractivity contribution is -0.140. The third-order valence-electron chi connectivity index (χ3n) is 6.79. The number of sulfonamides is 1. The molecule has 0 heterocycles. The molecule has 7 nitrogen and oxygen atoms in total. The maximum atomic E-state index is 15.1. The third kappa shape index (κ3) is 8.21. The quantitative estimate of drug-likeness (QED) is 0.203. The summed E-state index contributed by atoms with van der Waals surface area (Å²) < 4.78 is 43.6. The fourth-order valence-corrected chi connectivity index (χ4v) is 6.29. The Hall–Kier alpha value is -4.21. The fraction of sp³-hybridized carbons (Fsp3) is 0.212. The van der Waals surface area contributed by atoms with Crippen LogP contribution in [0.5, 0.6) is 0 Å². The molecule has 0 spiro atoms.